The molecular formula is C34H37N7O3. The fourth-order valence-electron chi connectivity index (χ4n) is 5.61. The molecule has 1 saturated heterocycles. The first-order chi connectivity index (χ1) is 21.1. The average Bonchev–Trinajstić information content (AvgIpc) is 3.57. The number of fused-ring (bicyclic) bond motifs is 2. The summed E-state index contributed by atoms with van der Waals surface area (Å²) < 4.78 is 7.19. The number of pyridine rings is 1. The van der Waals surface area contributed by atoms with Crippen molar-refractivity contribution in [3.05, 3.63) is 89.9 Å². The summed E-state index contributed by atoms with van der Waals surface area (Å²) in [4.78, 5) is 38.9. The van der Waals surface area contributed by atoms with E-state index < -0.39 is 5.60 Å². The standard InChI is InChI=1S/C34H37N7O3/c1-22-16-25(20-35-19-22)29-18-30(36-11-10-24-17-23(2)26-8-6-7-9-27(24)26)41-31(38-29)28(21-37-41)32(42)39-12-14-40(15-13-39)33(43)44-34(3,4)5/h6-9,16-21,36H,2,10-15H2,1,3-5H3. The summed E-state index contributed by atoms with van der Waals surface area (Å²) in [6.45, 7) is 13.9. The molecule has 6 rings (SSSR count). The van der Waals surface area contributed by atoms with Crippen molar-refractivity contribution in [1.29, 1.82) is 0 Å². The van der Waals surface area contributed by atoms with Gasteiger partial charge in [-0.25, -0.2) is 9.78 Å². The fourth-order valence-corrected chi connectivity index (χ4v) is 5.61. The van der Waals surface area contributed by atoms with Crippen molar-refractivity contribution >= 4 is 34.6 Å². The molecule has 44 heavy (non-hydrogen) atoms. The van der Waals surface area contributed by atoms with Gasteiger partial charge in [0.2, 0.25) is 0 Å². The third-order valence-corrected chi connectivity index (χ3v) is 7.76. The van der Waals surface area contributed by atoms with Crippen molar-refractivity contribution in [2.45, 2.75) is 39.7 Å². The summed E-state index contributed by atoms with van der Waals surface area (Å²) in [6.07, 6.45) is 7.72. The van der Waals surface area contributed by atoms with E-state index >= 15 is 0 Å². The highest BCUT2D eigenvalue weighted by Crippen LogP contribution is 2.36. The SMILES string of the molecule is C=C1C=C(CCNc2cc(-c3cncc(C)c3)nc3c(C(=O)N4CCN(C(=O)OC(C)(C)C)CC4)cnn23)c2ccccc21. The lowest BCUT2D eigenvalue weighted by Crippen LogP contribution is -2.51. The maximum Gasteiger partial charge on any atom is 0.410 e. The Morgan fingerprint density at radius 2 is 1.73 bits per heavy atom. The molecule has 1 aliphatic heterocycles. The largest absolute Gasteiger partial charge is 0.444 e. The molecule has 1 aliphatic carbocycles. The molecule has 0 unspecified atom stereocenters. The van der Waals surface area contributed by atoms with Gasteiger partial charge in [-0.05, 0) is 68.0 Å². The molecule has 4 aromatic rings. The summed E-state index contributed by atoms with van der Waals surface area (Å²) in [6, 6.07) is 12.3. The first-order valence-corrected chi connectivity index (χ1v) is 14.9. The lowest BCUT2D eigenvalue weighted by molar-refractivity contribution is 0.0141. The van der Waals surface area contributed by atoms with E-state index in [4.69, 9.17) is 9.72 Å². The molecule has 2 aliphatic rings. The van der Waals surface area contributed by atoms with E-state index in [1.807, 2.05) is 52.0 Å². The van der Waals surface area contributed by atoms with Crippen LogP contribution in [0.25, 0.3) is 28.1 Å². The van der Waals surface area contributed by atoms with Crippen LogP contribution < -0.4 is 5.32 Å². The van der Waals surface area contributed by atoms with Gasteiger partial charge in [0.1, 0.15) is 17.0 Å². The van der Waals surface area contributed by atoms with Crippen LogP contribution in [0.15, 0.2) is 67.6 Å². The number of nitrogens with one attached hydrogen (secondary N) is 1. The number of hydrogen-bond acceptors (Lipinski definition) is 7. The highest BCUT2D eigenvalue weighted by Gasteiger charge is 2.30. The van der Waals surface area contributed by atoms with Crippen molar-refractivity contribution < 1.29 is 14.3 Å². The molecule has 0 spiro atoms. The topological polar surface area (TPSA) is 105 Å². The summed E-state index contributed by atoms with van der Waals surface area (Å²) in [7, 11) is 0. The highest BCUT2D eigenvalue weighted by molar-refractivity contribution is 6.00. The highest BCUT2D eigenvalue weighted by atomic mass is 16.6. The molecule has 0 atom stereocenters. The number of allylic oxidation sites excluding steroid dienone is 2. The zero-order chi connectivity index (χ0) is 31.0. The van der Waals surface area contributed by atoms with Gasteiger partial charge in [-0.3, -0.25) is 9.78 Å². The van der Waals surface area contributed by atoms with Crippen LogP contribution in [0, 0.1) is 6.92 Å². The Labute approximate surface area is 257 Å². The summed E-state index contributed by atoms with van der Waals surface area (Å²) in [5.74, 6) is 0.555. The van der Waals surface area contributed by atoms with Gasteiger partial charge in [-0.2, -0.15) is 9.61 Å². The quantitative estimate of drug-likeness (QED) is 0.307. The number of rotatable bonds is 6. The number of hydrogen-bond donors (Lipinski definition) is 1. The van der Waals surface area contributed by atoms with Crippen molar-refractivity contribution in [3.8, 4) is 11.3 Å². The lowest BCUT2D eigenvalue weighted by Gasteiger charge is -2.35. The van der Waals surface area contributed by atoms with E-state index in [-0.39, 0.29) is 12.0 Å². The van der Waals surface area contributed by atoms with Gasteiger partial charge in [0.15, 0.2) is 5.65 Å². The van der Waals surface area contributed by atoms with E-state index in [0.717, 1.165) is 28.9 Å². The van der Waals surface area contributed by atoms with Gasteiger partial charge in [0, 0.05) is 56.7 Å². The van der Waals surface area contributed by atoms with Crippen LogP contribution in [0.1, 0.15) is 54.2 Å². The second-order valence-corrected chi connectivity index (χ2v) is 12.2. The van der Waals surface area contributed by atoms with Crippen molar-refractivity contribution in [2.75, 3.05) is 38.0 Å². The Hall–Kier alpha value is -4.99. The minimum atomic E-state index is -0.573. The normalized spacial score (nSPS) is 14.9. The number of aryl methyl sites for hydroxylation is 1. The number of benzene rings is 1. The molecule has 2 amide bonds. The third kappa shape index (κ3) is 5.92. The number of ether oxygens (including phenoxy) is 1. The molecule has 4 heterocycles. The number of carbonyl (C=O) groups is 2. The molecule has 3 aromatic heterocycles. The van der Waals surface area contributed by atoms with Crippen LogP contribution >= 0.6 is 0 Å². The molecule has 0 saturated carbocycles. The second-order valence-electron chi connectivity index (χ2n) is 12.2. The van der Waals surface area contributed by atoms with Gasteiger partial charge in [-0.15, -0.1) is 0 Å². The smallest absolute Gasteiger partial charge is 0.410 e. The van der Waals surface area contributed by atoms with Crippen LogP contribution in [0.3, 0.4) is 0 Å². The number of carbonyl (C=O) groups excluding carboxylic acids is 2. The van der Waals surface area contributed by atoms with E-state index in [1.54, 1.807) is 32.9 Å². The summed E-state index contributed by atoms with van der Waals surface area (Å²) in [5.41, 5.74) is 7.50. The Kier molecular flexibility index (Phi) is 7.67. The van der Waals surface area contributed by atoms with Crippen molar-refractivity contribution in [2.24, 2.45) is 0 Å². The van der Waals surface area contributed by atoms with E-state index in [9.17, 15) is 9.59 Å². The van der Waals surface area contributed by atoms with E-state index in [1.165, 1.54) is 16.7 Å². The molecular weight excluding hydrogens is 554 g/mol. The maximum absolute atomic E-state index is 13.8. The Morgan fingerprint density at radius 1 is 1.00 bits per heavy atom. The first-order valence-electron chi connectivity index (χ1n) is 14.9. The molecule has 1 N–H and O–H groups in total. The zero-order valence-corrected chi connectivity index (χ0v) is 25.6. The minimum absolute atomic E-state index is 0.173. The molecule has 10 heteroatoms. The average molecular weight is 592 g/mol. The van der Waals surface area contributed by atoms with Crippen molar-refractivity contribution in [3.63, 3.8) is 0 Å². The van der Waals surface area contributed by atoms with Crippen molar-refractivity contribution in [1.82, 2.24) is 29.4 Å². The van der Waals surface area contributed by atoms with Gasteiger partial charge >= 0.3 is 6.09 Å². The molecule has 0 radical (unpaired) electrons. The lowest BCUT2D eigenvalue weighted by atomic mass is 10.0. The number of anilines is 1. The van der Waals surface area contributed by atoms with Gasteiger partial charge in [-0.1, -0.05) is 36.9 Å². The van der Waals surface area contributed by atoms with E-state index in [2.05, 4.69) is 40.2 Å². The van der Waals surface area contributed by atoms with Gasteiger partial charge in [0.25, 0.3) is 5.91 Å². The third-order valence-electron chi connectivity index (χ3n) is 7.76. The van der Waals surface area contributed by atoms with Crippen LogP contribution in [-0.2, 0) is 4.74 Å². The number of aromatic nitrogens is 4. The van der Waals surface area contributed by atoms with Crippen LogP contribution in [0.2, 0.25) is 0 Å². The predicted octanol–water partition coefficient (Wildman–Crippen LogP) is 5.71. The molecule has 1 aromatic carbocycles. The zero-order valence-electron chi connectivity index (χ0n) is 25.6. The Bertz CT molecular complexity index is 1790. The fraction of sp³-hybridized carbons (Fsp3) is 0.324. The molecule has 1 fully saturated rings. The first kappa shape index (κ1) is 29.1. The monoisotopic (exact) mass is 591 g/mol. The van der Waals surface area contributed by atoms with Crippen LogP contribution in [0.4, 0.5) is 10.6 Å². The Morgan fingerprint density at radius 3 is 2.45 bits per heavy atom. The van der Waals surface area contributed by atoms with Gasteiger partial charge in [0.05, 0.1) is 11.9 Å². The van der Waals surface area contributed by atoms with Crippen LogP contribution in [-0.4, -0.2) is 79.7 Å². The van der Waals surface area contributed by atoms with Crippen LogP contribution in [0.5, 0.6) is 0 Å². The maximum atomic E-state index is 13.8. The predicted molar refractivity (Wildman–Crippen MR) is 171 cm³/mol. The van der Waals surface area contributed by atoms with Gasteiger partial charge < -0.3 is 19.9 Å². The van der Waals surface area contributed by atoms with E-state index in [0.29, 0.717) is 49.6 Å². The summed E-state index contributed by atoms with van der Waals surface area (Å²) in [5, 5.41) is 8.12. The number of nitrogens with zero attached hydrogens (tertiary/aromatic N) is 6. The molecule has 226 valence electrons. The second kappa shape index (κ2) is 11.6. The molecule has 0 bridgehead atoms. The molecule has 10 nitrogen and oxygen atoms in total. The summed E-state index contributed by atoms with van der Waals surface area (Å²) >= 11 is 0. The number of piperazine rings is 1. The Balaban J connectivity index is 1.25. The minimum Gasteiger partial charge on any atom is -0.444 e. The number of amides is 2.